The van der Waals surface area contributed by atoms with Crippen LogP contribution in [0, 0.1) is 24.0 Å². The molecule has 0 radical (unpaired) electrons. The second-order valence-corrected chi connectivity index (χ2v) is 5.11. The number of nitro groups is 1. The summed E-state index contributed by atoms with van der Waals surface area (Å²) in [5.41, 5.74) is 3.15. The first-order valence-corrected chi connectivity index (χ1v) is 6.88. The van der Waals surface area contributed by atoms with Crippen LogP contribution in [0.4, 0.5) is 5.69 Å². The SMILES string of the molecule is Cc1nn(C)c(C)c1CC(=O)NCc1ccccc1[N+](=O)[O-]. The molecule has 0 saturated heterocycles. The Hall–Kier alpha value is -2.70. The molecule has 0 spiro atoms. The van der Waals surface area contributed by atoms with Gasteiger partial charge in [0.25, 0.3) is 5.69 Å². The van der Waals surface area contributed by atoms with E-state index in [-0.39, 0.29) is 24.6 Å². The third-order valence-corrected chi connectivity index (χ3v) is 3.66. The molecule has 2 aromatic rings. The average Bonchev–Trinajstić information content (AvgIpc) is 2.72. The van der Waals surface area contributed by atoms with Gasteiger partial charge in [-0.3, -0.25) is 19.6 Å². The number of nitrogens with zero attached hydrogens (tertiary/aromatic N) is 3. The number of amides is 1. The maximum atomic E-state index is 12.1. The van der Waals surface area contributed by atoms with Crippen LogP contribution in [-0.2, 0) is 24.8 Å². The Morgan fingerprint density at radius 1 is 1.36 bits per heavy atom. The largest absolute Gasteiger partial charge is 0.351 e. The Morgan fingerprint density at radius 2 is 2.05 bits per heavy atom. The smallest absolute Gasteiger partial charge is 0.274 e. The number of nitro benzene ring substituents is 1. The lowest BCUT2D eigenvalue weighted by molar-refractivity contribution is -0.385. The van der Waals surface area contributed by atoms with Crippen molar-refractivity contribution in [3.8, 4) is 0 Å². The van der Waals surface area contributed by atoms with E-state index in [0.717, 1.165) is 17.0 Å². The van der Waals surface area contributed by atoms with Crippen LogP contribution in [0.2, 0.25) is 0 Å². The minimum atomic E-state index is -0.448. The molecule has 2 rings (SSSR count). The number of hydrogen-bond acceptors (Lipinski definition) is 4. The van der Waals surface area contributed by atoms with Gasteiger partial charge in [-0.1, -0.05) is 18.2 Å². The second kappa shape index (κ2) is 6.38. The first-order valence-electron chi connectivity index (χ1n) is 6.88. The third-order valence-electron chi connectivity index (χ3n) is 3.66. The fourth-order valence-corrected chi connectivity index (χ4v) is 2.33. The molecule has 0 aliphatic carbocycles. The molecule has 7 heteroatoms. The molecule has 0 fully saturated rings. The van der Waals surface area contributed by atoms with Gasteiger partial charge in [-0.25, -0.2) is 0 Å². The number of para-hydroxylation sites is 1. The highest BCUT2D eigenvalue weighted by molar-refractivity contribution is 5.79. The first kappa shape index (κ1) is 15.7. The highest BCUT2D eigenvalue weighted by atomic mass is 16.6. The van der Waals surface area contributed by atoms with Gasteiger partial charge in [0.15, 0.2) is 0 Å². The number of carbonyl (C=O) groups excluding carboxylic acids is 1. The first-order chi connectivity index (χ1) is 10.4. The van der Waals surface area contributed by atoms with Crippen LogP contribution in [-0.4, -0.2) is 20.6 Å². The van der Waals surface area contributed by atoms with Crippen LogP contribution in [0.3, 0.4) is 0 Å². The van der Waals surface area contributed by atoms with Gasteiger partial charge in [0.1, 0.15) is 0 Å². The maximum absolute atomic E-state index is 12.1. The van der Waals surface area contributed by atoms with Crippen molar-refractivity contribution < 1.29 is 9.72 Å². The summed E-state index contributed by atoms with van der Waals surface area (Å²) in [4.78, 5) is 22.5. The molecular formula is C15H18N4O3. The predicted molar refractivity (Wildman–Crippen MR) is 81.3 cm³/mol. The summed E-state index contributed by atoms with van der Waals surface area (Å²) in [6.07, 6.45) is 0.214. The lowest BCUT2D eigenvalue weighted by Crippen LogP contribution is -2.25. The molecule has 0 aliphatic rings. The maximum Gasteiger partial charge on any atom is 0.274 e. The van der Waals surface area contributed by atoms with E-state index in [4.69, 9.17) is 0 Å². The average molecular weight is 302 g/mol. The van der Waals surface area contributed by atoms with Crippen molar-refractivity contribution in [3.63, 3.8) is 0 Å². The summed E-state index contributed by atoms with van der Waals surface area (Å²) in [5, 5.41) is 17.9. The Labute approximate surface area is 128 Å². The van der Waals surface area contributed by atoms with Crippen molar-refractivity contribution in [1.82, 2.24) is 15.1 Å². The van der Waals surface area contributed by atoms with Gasteiger partial charge in [0, 0.05) is 36.5 Å². The number of rotatable bonds is 5. The molecule has 0 bridgehead atoms. The fraction of sp³-hybridized carbons (Fsp3) is 0.333. The summed E-state index contributed by atoms with van der Waals surface area (Å²) in [6.45, 7) is 3.90. The molecule has 22 heavy (non-hydrogen) atoms. The lowest BCUT2D eigenvalue weighted by atomic mass is 10.1. The molecule has 7 nitrogen and oxygen atoms in total. The minimum absolute atomic E-state index is 0.0107. The van der Waals surface area contributed by atoms with Crippen molar-refractivity contribution in [2.45, 2.75) is 26.8 Å². The van der Waals surface area contributed by atoms with Gasteiger partial charge in [-0.15, -0.1) is 0 Å². The topological polar surface area (TPSA) is 90.1 Å². The van der Waals surface area contributed by atoms with E-state index in [2.05, 4.69) is 10.4 Å². The Balaban J connectivity index is 2.03. The summed E-state index contributed by atoms with van der Waals surface area (Å²) in [7, 11) is 1.83. The molecule has 1 aromatic carbocycles. The van der Waals surface area contributed by atoms with Crippen molar-refractivity contribution >= 4 is 11.6 Å². The van der Waals surface area contributed by atoms with Gasteiger partial charge in [-0.2, -0.15) is 5.10 Å². The fourth-order valence-electron chi connectivity index (χ4n) is 2.33. The normalized spacial score (nSPS) is 10.5. The van der Waals surface area contributed by atoms with E-state index < -0.39 is 4.92 Å². The number of aryl methyl sites for hydroxylation is 2. The zero-order valence-corrected chi connectivity index (χ0v) is 12.8. The van der Waals surface area contributed by atoms with E-state index >= 15 is 0 Å². The highest BCUT2D eigenvalue weighted by Gasteiger charge is 2.15. The molecule has 0 saturated carbocycles. The molecule has 0 aliphatic heterocycles. The number of nitrogens with one attached hydrogen (secondary N) is 1. The van der Waals surface area contributed by atoms with Crippen LogP contribution in [0.25, 0.3) is 0 Å². The van der Waals surface area contributed by atoms with Gasteiger partial charge in [0.05, 0.1) is 17.0 Å². The second-order valence-electron chi connectivity index (χ2n) is 5.11. The van der Waals surface area contributed by atoms with Crippen molar-refractivity contribution in [2.75, 3.05) is 0 Å². The Bertz CT molecular complexity index is 722. The molecule has 0 atom stereocenters. The van der Waals surface area contributed by atoms with E-state index in [1.807, 2.05) is 20.9 Å². The van der Waals surface area contributed by atoms with E-state index in [9.17, 15) is 14.9 Å². The third kappa shape index (κ3) is 3.30. The zero-order chi connectivity index (χ0) is 16.3. The molecule has 1 N–H and O–H groups in total. The number of aromatic nitrogens is 2. The van der Waals surface area contributed by atoms with Gasteiger partial charge in [0.2, 0.25) is 5.91 Å². The quantitative estimate of drug-likeness (QED) is 0.673. The van der Waals surface area contributed by atoms with Crippen LogP contribution >= 0.6 is 0 Å². The molecular weight excluding hydrogens is 284 g/mol. The molecule has 0 unspecified atom stereocenters. The number of carbonyl (C=O) groups is 1. The van der Waals surface area contributed by atoms with E-state index in [0.29, 0.717) is 5.56 Å². The van der Waals surface area contributed by atoms with Crippen molar-refractivity contribution in [1.29, 1.82) is 0 Å². The van der Waals surface area contributed by atoms with Gasteiger partial charge in [-0.05, 0) is 13.8 Å². The minimum Gasteiger partial charge on any atom is -0.351 e. The summed E-state index contributed by atoms with van der Waals surface area (Å²) < 4.78 is 1.74. The number of hydrogen-bond donors (Lipinski definition) is 1. The van der Waals surface area contributed by atoms with Crippen LogP contribution < -0.4 is 5.32 Å². The zero-order valence-electron chi connectivity index (χ0n) is 12.8. The molecule has 1 amide bonds. The van der Waals surface area contributed by atoms with Crippen molar-refractivity contribution in [2.24, 2.45) is 7.05 Å². The number of benzene rings is 1. The van der Waals surface area contributed by atoms with Crippen LogP contribution in [0.15, 0.2) is 24.3 Å². The van der Waals surface area contributed by atoms with Gasteiger partial charge >= 0.3 is 0 Å². The van der Waals surface area contributed by atoms with Gasteiger partial charge < -0.3 is 5.32 Å². The Morgan fingerprint density at radius 3 is 2.64 bits per heavy atom. The summed E-state index contributed by atoms with van der Waals surface area (Å²) >= 11 is 0. The standard InChI is InChI=1S/C15H18N4O3/c1-10-13(11(2)18(3)17-10)8-15(20)16-9-12-6-4-5-7-14(12)19(21)22/h4-7H,8-9H2,1-3H3,(H,16,20). The lowest BCUT2D eigenvalue weighted by Gasteiger charge is -2.06. The van der Waals surface area contributed by atoms with E-state index in [1.165, 1.54) is 6.07 Å². The molecule has 1 heterocycles. The molecule has 116 valence electrons. The van der Waals surface area contributed by atoms with Crippen molar-refractivity contribution in [3.05, 3.63) is 56.9 Å². The summed E-state index contributed by atoms with van der Waals surface area (Å²) in [5.74, 6) is -0.183. The van der Waals surface area contributed by atoms with Crippen LogP contribution in [0.5, 0.6) is 0 Å². The Kier molecular flexibility index (Phi) is 4.55. The summed E-state index contributed by atoms with van der Waals surface area (Å²) in [6, 6.07) is 6.38. The molecule has 1 aromatic heterocycles. The van der Waals surface area contributed by atoms with Crippen LogP contribution in [0.1, 0.15) is 22.5 Å². The van der Waals surface area contributed by atoms with E-state index in [1.54, 1.807) is 22.9 Å². The highest BCUT2D eigenvalue weighted by Crippen LogP contribution is 2.17. The monoisotopic (exact) mass is 302 g/mol. The predicted octanol–water partition coefficient (Wildman–Crippen LogP) is 1.80.